The lowest BCUT2D eigenvalue weighted by atomic mass is 9.87. The Morgan fingerprint density at radius 1 is 1.07 bits per heavy atom. The van der Waals surface area contributed by atoms with Gasteiger partial charge in [0.25, 0.3) is 0 Å². The molecule has 6 nitrogen and oxygen atoms in total. The van der Waals surface area contributed by atoms with Gasteiger partial charge in [-0.1, -0.05) is 25.3 Å². The first-order valence-electron chi connectivity index (χ1n) is 9.81. The summed E-state index contributed by atoms with van der Waals surface area (Å²) < 4.78 is 68.5. The molecule has 29 heavy (non-hydrogen) atoms. The number of hydrogen-bond donors (Lipinski definition) is 1. The Bertz CT molecular complexity index is 815. The van der Waals surface area contributed by atoms with Crippen LogP contribution in [-0.2, 0) is 14.8 Å². The lowest BCUT2D eigenvalue weighted by Crippen LogP contribution is -2.48. The van der Waals surface area contributed by atoms with Crippen molar-refractivity contribution in [1.82, 2.24) is 9.62 Å². The van der Waals surface area contributed by atoms with E-state index in [-0.39, 0.29) is 22.8 Å². The smallest absolute Gasteiger partial charge is 0.406 e. The Morgan fingerprint density at radius 3 is 2.34 bits per heavy atom. The molecule has 10 heteroatoms. The maximum atomic E-state index is 12.6. The minimum Gasteiger partial charge on any atom is -0.406 e. The molecule has 2 fully saturated rings. The van der Waals surface area contributed by atoms with Crippen molar-refractivity contribution in [2.45, 2.75) is 62.2 Å². The fraction of sp³-hybridized carbons (Fsp3) is 0.632. The Kier molecular flexibility index (Phi) is 6.72. The number of hydrogen-bond acceptors (Lipinski definition) is 4. The van der Waals surface area contributed by atoms with Crippen LogP contribution in [0.2, 0.25) is 0 Å². The Hall–Kier alpha value is -1.81. The zero-order valence-corrected chi connectivity index (χ0v) is 16.8. The van der Waals surface area contributed by atoms with Crippen LogP contribution in [-0.4, -0.2) is 44.7 Å². The second-order valence-corrected chi connectivity index (χ2v) is 9.29. The highest BCUT2D eigenvalue weighted by Crippen LogP contribution is 2.28. The molecule has 1 aromatic carbocycles. The number of sulfonamides is 1. The number of benzene rings is 1. The van der Waals surface area contributed by atoms with Gasteiger partial charge in [-0.15, -0.1) is 13.2 Å². The third-order valence-electron chi connectivity index (χ3n) is 5.43. The van der Waals surface area contributed by atoms with Crippen molar-refractivity contribution in [1.29, 1.82) is 0 Å². The van der Waals surface area contributed by atoms with Gasteiger partial charge in [0.1, 0.15) is 5.75 Å². The molecule has 0 bridgehead atoms. The molecule has 0 unspecified atom stereocenters. The van der Waals surface area contributed by atoms with Crippen LogP contribution in [0.4, 0.5) is 13.2 Å². The van der Waals surface area contributed by atoms with Crippen molar-refractivity contribution >= 4 is 15.9 Å². The zero-order chi connectivity index (χ0) is 21.1. The van der Waals surface area contributed by atoms with E-state index in [0.717, 1.165) is 37.8 Å². The van der Waals surface area contributed by atoms with E-state index in [1.54, 1.807) is 4.90 Å². The topological polar surface area (TPSA) is 75.7 Å². The summed E-state index contributed by atoms with van der Waals surface area (Å²) in [5, 5.41) is 0. The zero-order valence-electron chi connectivity index (χ0n) is 16.0. The van der Waals surface area contributed by atoms with Crippen LogP contribution in [0.5, 0.6) is 5.75 Å². The van der Waals surface area contributed by atoms with Gasteiger partial charge in [0.05, 0.1) is 4.90 Å². The molecule has 0 atom stereocenters. The molecule has 0 spiro atoms. The average molecular weight is 434 g/mol. The van der Waals surface area contributed by atoms with E-state index < -0.39 is 22.1 Å². The summed E-state index contributed by atoms with van der Waals surface area (Å²) in [7, 11) is -4.00. The van der Waals surface area contributed by atoms with Crippen LogP contribution in [0.25, 0.3) is 0 Å². The lowest BCUT2D eigenvalue weighted by molar-refractivity contribution is -0.274. The first-order valence-corrected chi connectivity index (χ1v) is 11.3. The van der Waals surface area contributed by atoms with Gasteiger partial charge in [-0.25, -0.2) is 13.1 Å². The summed E-state index contributed by atoms with van der Waals surface area (Å²) in [6.45, 7) is 0.944. The van der Waals surface area contributed by atoms with E-state index in [9.17, 15) is 26.4 Å². The van der Waals surface area contributed by atoms with E-state index in [0.29, 0.717) is 25.9 Å². The standard InChI is InChI=1S/C19H25F3N2O4S/c20-19(21,22)28-16-7-4-8-17(13-16)29(26,27)23-15-9-11-24(12-10-15)18(25)14-5-2-1-3-6-14/h4,7-8,13-15,23H,1-3,5-6,9-12H2. The van der Waals surface area contributed by atoms with Gasteiger partial charge in [-0.05, 0) is 37.8 Å². The van der Waals surface area contributed by atoms with Crippen LogP contribution in [0.3, 0.4) is 0 Å². The summed E-state index contributed by atoms with van der Waals surface area (Å²) in [6, 6.07) is 3.93. The molecule has 3 rings (SSSR count). The molecule has 2 aliphatic rings. The molecule has 1 heterocycles. The maximum absolute atomic E-state index is 12.6. The second kappa shape index (κ2) is 8.91. The summed E-state index contributed by atoms with van der Waals surface area (Å²) in [6.07, 6.45) is 1.19. The molecule has 162 valence electrons. The highest BCUT2D eigenvalue weighted by Gasteiger charge is 2.33. The Labute approximate surface area is 168 Å². The number of rotatable bonds is 5. The molecule has 0 radical (unpaired) electrons. The summed E-state index contributed by atoms with van der Waals surface area (Å²) in [4.78, 5) is 14.1. The van der Waals surface area contributed by atoms with Crippen molar-refractivity contribution in [2.24, 2.45) is 5.92 Å². The number of piperidine rings is 1. The number of ether oxygens (including phenoxy) is 1. The molecule has 1 saturated carbocycles. The highest BCUT2D eigenvalue weighted by molar-refractivity contribution is 7.89. The number of likely N-dealkylation sites (tertiary alicyclic amines) is 1. The second-order valence-electron chi connectivity index (χ2n) is 7.58. The molecular formula is C19H25F3N2O4S. The first kappa shape index (κ1) is 21.9. The molecule has 1 aliphatic heterocycles. The molecule has 1 N–H and O–H groups in total. The van der Waals surface area contributed by atoms with Crippen molar-refractivity contribution in [3.05, 3.63) is 24.3 Å². The SMILES string of the molecule is O=C(C1CCCCC1)N1CCC(NS(=O)(=O)c2cccc(OC(F)(F)F)c2)CC1. The van der Waals surface area contributed by atoms with Crippen molar-refractivity contribution in [3.63, 3.8) is 0 Å². The third-order valence-corrected chi connectivity index (χ3v) is 6.95. The first-order chi connectivity index (χ1) is 13.6. The minimum atomic E-state index is -4.90. The molecule has 1 aromatic rings. The van der Waals surface area contributed by atoms with Crippen molar-refractivity contribution in [2.75, 3.05) is 13.1 Å². The van der Waals surface area contributed by atoms with Crippen molar-refractivity contribution in [3.8, 4) is 5.75 Å². The molecule has 1 amide bonds. The van der Waals surface area contributed by atoms with E-state index in [1.165, 1.54) is 18.6 Å². The van der Waals surface area contributed by atoms with Crippen LogP contribution in [0, 0.1) is 5.92 Å². The molecule has 1 aliphatic carbocycles. The predicted molar refractivity (Wildman–Crippen MR) is 99.6 cm³/mol. The molecule has 1 saturated heterocycles. The number of halogens is 3. The number of amides is 1. The van der Waals surface area contributed by atoms with Crippen LogP contribution in [0.15, 0.2) is 29.2 Å². The van der Waals surface area contributed by atoms with E-state index in [4.69, 9.17) is 0 Å². The van der Waals surface area contributed by atoms with Crippen molar-refractivity contribution < 1.29 is 31.1 Å². The number of carbonyl (C=O) groups excluding carboxylic acids is 1. The molecular weight excluding hydrogens is 409 g/mol. The third kappa shape index (κ3) is 6.08. The maximum Gasteiger partial charge on any atom is 0.573 e. The lowest BCUT2D eigenvalue weighted by Gasteiger charge is -2.35. The van der Waals surface area contributed by atoms with Gasteiger partial charge in [0.15, 0.2) is 0 Å². The van der Waals surface area contributed by atoms with Crippen LogP contribution >= 0.6 is 0 Å². The number of nitrogens with zero attached hydrogens (tertiary/aromatic N) is 1. The fourth-order valence-electron chi connectivity index (χ4n) is 3.95. The highest BCUT2D eigenvalue weighted by atomic mass is 32.2. The largest absolute Gasteiger partial charge is 0.573 e. The van der Waals surface area contributed by atoms with Gasteiger partial charge in [0.2, 0.25) is 15.9 Å². The normalized spacial score (nSPS) is 19.9. The Balaban J connectivity index is 1.56. The van der Waals surface area contributed by atoms with Crippen LogP contribution in [0.1, 0.15) is 44.9 Å². The van der Waals surface area contributed by atoms with E-state index >= 15 is 0 Å². The number of alkyl halides is 3. The van der Waals surface area contributed by atoms with E-state index in [2.05, 4.69) is 9.46 Å². The quantitative estimate of drug-likeness (QED) is 0.771. The van der Waals surface area contributed by atoms with Gasteiger partial charge in [-0.2, -0.15) is 0 Å². The van der Waals surface area contributed by atoms with Crippen LogP contribution < -0.4 is 9.46 Å². The fourth-order valence-corrected chi connectivity index (χ4v) is 5.29. The molecule has 0 aromatic heterocycles. The van der Waals surface area contributed by atoms with Gasteiger partial charge >= 0.3 is 6.36 Å². The van der Waals surface area contributed by atoms with E-state index in [1.807, 2.05) is 0 Å². The minimum absolute atomic E-state index is 0.0772. The predicted octanol–water partition coefficient (Wildman–Crippen LogP) is 3.43. The summed E-state index contributed by atoms with van der Waals surface area (Å²) >= 11 is 0. The number of carbonyl (C=O) groups is 1. The summed E-state index contributed by atoms with van der Waals surface area (Å²) in [5.41, 5.74) is 0. The van der Waals surface area contributed by atoms with Gasteiger partial charge in [-0.3, -0.25) is 4.79 Å². The average Bonchev–Trinajstić information content (AvgIpc) is 2.67. The van der Waals surface area contributed by atoms with Gasteiger partial charge in [0, 0.05) is 31.1 Å². The summed E-state index contributed by atoms with van der Waals surface area (Å²) in [5.74, 6) is -0.357. The van der Waals surface area contributed by atoms with Gasteiger partial charge < -0.3 is 9.64 Å². The number of nitrogens with one attached hydrogen (secondary N) is 1. The monoisotopic (exact) mass is 434 g/mol. The Morgan fingerprint density at radius 2 is 1.72 bits per heavy atom.